The van der Waals surface area contributed by atoms with Crippen LogP contribution in [0.3, 0.4) is 0 Å². The molecule has 8 nitrogen and oxygen atoms in total. The predicted molar refractivity (Wildman–Crippen MR) is 148 cm³/mol. The molecule has 194 valence electrons. The Balaban J connectivity index is 1.49. The Morgan fingerprint density at radius 3 is 2.26 bits per heavy atom. The molecule has 8 heteroatoms. The summed E-state index contributed by atoms with van der Waals surface area (Å²) in [6.07, 6.45) is 0. The number of nitrogens with one attached hydrogen (secondary N) is 1. The standard InChI is InChI=1S/C31H28N6O2/c1-35-16-18-36(19-17-35)28-23-14-8-9-15-24(23)29-26(28)27(34-37(29)22-12-6-3-7-13-22)30(38)25(20-32)31(39)33-21-10-4-2-5-11-21/h2-15,25,28H,16-19H2,1H3,(H,33,39). The third-order valence-electron chi connectivity index (χ3n) is 7.54. The summed E-state index contributed by atoms with van der Waals surface area (Å²) in [5.41, 5.74) is 5.22. The van der Waals surface area contributed by atoms with Crippen LogP contribution >= 0.6 is 0 Å². The molecule has 2 aliphatic rings. The summed E-state index contributed by atoms with van der Waals surface area (Å²) in [5.74, 6) is -2.79. The monoisotopic (exact) mass is 516 g/mol. The van der Waals surface area contributed by atoms with Gasteiger partial charge in [0, 0.05) is 43.0 Å². The van der Waals surface area contributed by atoms with Crippen LogP contribution in [0.2, 0.25) is 0 Å². The molecule has 0 saturated carbocycles. The van der Waals surface area contributed by atoms with Crippen molar-refractivity contribution in [3.8, 4) is 23.0 Å². The summed E-state index contributed by atoms with van der Waals surface area (Å²) in [5, 5.41) is 17.5. The molecule has 39 heavy (non-hydrogen) atoms. The summed E-state index contributed by atoms with van der Waals surface area (Å²) in [7, 11) is 2.11. The molecule has 0 radical (unpaired) electrons. The van der Waals surface area contributed by atoms with Gasteiger partial charge in [-0.3, -0.25) is 14.5 Å². The number of para-hydroxylation sites is 2. The lowest BCUT2D eigenvalue weighted by molar-refractivity contribution is -0.117. The molecule has 2 atom stereocenters. The first kappa shape index (κ1) is 24.7. The largest absolute Gasteiger partial charge is 0.325 e. The van der Waals surface area contributed by atoms with Crippen LogP contribution in [0.15, 0.2) is 84.9 Å². The van der Waals surface area contributed by atoms with Crippen LogP contribution in [-0.4, -0.2) is 64.5 Å². The maximum atomic E-state index is 14.1. The van der Waals surface area contributed by atoms with Gasteiger partial charge in [0.1, 0.15) is 5.69 Å². The average Bonchev–Trinajstić information content (AvgIpc) is 3.51. The first-order valence-corrected chi connectivity index (χ1v) is 13.1. The van der Waals surface area contributed by atoms with Gasteiger partial charge in [-0.25, -0.2) is 4.68 Å². The Morgan fingerprint density at radius 1 is 0.923 bits per heavy atom. The van der Waals surface area contributed by atoms with Crippen molar-refractivity contribution in [1.29, 1.82) is 5.26 Å². The quantitative estimate of drug-likeness (QED) is 0.306. The second-order valence-corrected chi connectivity index (χ2v) is 9.97. The van der Waals surface area contributed by atoms with Gasteiger partial charge in [-0.1, -0.05) is 60.7 Å². The summed E-state index contributed by atoms with van der Waals surface area (Å²) >= 11 is 0. The van der Waals surface area contributed by atoms with Crippen molar-refractivity contribution >= 4 is 17.4 Å². The van der Waals surface area contributed by atoms with Crippen LogP contribution in [0.5, 0.6) is 0 Å². The molecule has 1 saturated heterocycles. The highest BCUT2D eigenvalue weighted by Gasteiger charge is 2.43. The number of carbonyl (C=O) groups excluding carboxylic acids is 2. The molecule has 1 aliphatic heterocycles. The van der Waals surface area contributed by atoms with Gasteiger partial charge in [-0.05, 0) is 36.9 Å². The Labute approximate surface area is 227 Å². The molecule has 1 aliphatic carbocycles. The normalized spacial score (nSPS) is 17.6. The molecule has 3 aromatic carbocycles. The smallest absolute Gasteiger partial charge is 0.249 e. The second kappa shape index (κ2) is 10.3. The van der Waals surface area contributed by atoms with Crippen molar-refractivity contribution in [3.63, 3.8) is 0 Å². The molecule has 0 bridgehead atoms. The number of hydrogen-bond donors (Lipinski definition) is 1. The Hall–Kier alpha value is -4.58. The van der Waals surface area contributed by atoms with Crippen molar-refractivity contribution in [2.45, 2.75) is 6.04 Å². The molecule has 1 N–H and O–H groups in total. The van der Waals surface area contributed by atoms with E-state index in [0.717, 1.165) is 54.3 Å². The number of benzene rings is 3. The van der Waals surface area contributed by atoms with Crippen LogP contribution in [0.25, 0.3) is 16.9 Å². The van der Waals surface area contributed by atoms with Crippen LogP contribution in [0.1, 0.15) is 27.7 Å². The highest BCUT2D eigenvalue weighted by atomic mass is 16.2. The first-order valence-electron chi connectivity index (χ1n) is 13.1. The Bertz CT molecular complexity index is 1570. The molecular weight excluding hydrogens is 488 g/mol. The van der Waals surface area contributed by atoms with Crippen LogP contribution in [0, 0.1) is 17.2 Å². The van der Waals surface area contributed by atoms with Crippen molar-refractivity contribution in [1.82, 2.24) is 19.6 Å². The van der Waals surface area contributed by atoms with Gasteiger partial charge in [-0.2, -0.15) is 10.4 Å². The van der Waals surface area contributed by atoms with E-state index in [0.29, 0.717) is 5.69 Å². The van der Waals surface area contributed by atoms with Gasteiger partial charge >= 0.3 is 0 Å². The molecule has 2 heterocycles. The number of anilines is 1. The second-order valence-electron chi connectivity index (χ2n) is 9.97. The lowest BCUT2D eigenvalue weighted by Gasteiger charge is -2.37. The van der Waals surface area contributed by atoms with Crippen LogP contribution in [0.4, 0.5) is 5.69 Å². The minimum atomic E-state index is -1.54. The number of ketones is 1. The fraction of sp³-hybridized carbons (Fsp3) is 0.226. The van der Waals surface area contributed by atoms with E-state index < -0.39 is 17.6 Å². The average molecular weight is 517 g/mol. The van der Waals surface area contributed by atoms with E-state index in [1.54, 1.807) is 28.9 Å². The molecule has 1 amide bonds. The fourth-order valence-electron chi connectivity index (χ4n) is 5.56. The first-order chi connectivity index (χ1) is 19.1. The van der Waals surface area contributed by atoms with E-state index in [9.17, 15) is 14.9 Å². The molecule has 1 fully saturated rings. The summed E-state index contributed by atoms with van der Waals surface area (Å²) < 4.78 is 1.79. The van der Waals surface area contributed by atoms with Crippen molar-refractivity contribution in [2.75, 3.05) is 38.5 Å². The van der Waals surface area contributed by atoms with Gasteiger partial charge in [0.15, 0.2) is 5.92 Å². The third-order valence-corrected chi connectivity index (χ3v) is 7.54. The fourth-order valence-corrected chi connectivity index (χ4v) is 5.56. The van der Waals surface area contributed by atoms with E-state index in [4.69, 9.17) is 5.10 Å². The van der Waals surface area contributed by atoms with Gasteiger partial charge in [0.05, 0.1) is 23.5 Å². The minimum Gasteiger partial charge on any atom is -0.325 e. The van der Waals surface area contributed by atoms with Crippen molar-refractivity contribution < 1.29 is 9.59 Å². The van der Waals surface area contributed by atoms with Crippen LogP contribution < -0.4 is 5.32 Å². The lowest BCUT2D eigenvalue weighted by atomic mass is 9.95. The lowest BCUT2D eigenvalue weighted by Crippen LogP contribution is -2.46. The van der Waals surface area contributed by atoms with Gasteiger partial charge in [0.25, 0.3) is 0 Å². The Morgan fingerprint density at radius 2 is 1.56 bits per heavy atom. The number of amides is 1. The van der Waals surface area contributed by atoms with E-state index >= 15 is 0 Å². The number of nitriles is 1. The highest BCUT2D eigenvalue weighted by molar-refractivity contribution is 6.16. The zero-order chi connectivity index (χ0) is 26.9. The maximum absolute atomic E-state index is 14.1. The van der Waals surface area contributed by atoms with E-state index in [-0.39, 0.29) is 11.7 Å². The number of nitrogens with zero attached hydrogens (tertiary/aromatic N) is 5. The SMILES string of the molecule is CN1CCN(C2c3ccccc3-c3c2c(C(=O)C(C#N)C(=O)Nc2ccccc2)nn3-c2ccccc2)CC1. The maximum Gasteiger partial charge on any atom is 0.249 e. The van der Waals surface area contributed by atoms with Crippen LogP contribution in [-0.2, 0) is 4.79 Å². The summed E-state index contributed by atoms with van der Waals surface area (Å²) in [4.78, 5) is 31.9. The van der Waals surface area contributed by atoms with E-state index in [1.165, 1.54) is 0 Å². The zero-order valence-electron chi connectivity index (χ0n) is 21.6. The number of rotatable bonds is 6. The number of likely N-dealkylation sites (N-methyl/N-ethyl adjacent to an activating group) is 1. The predicted octanol–water partition coefficient (Wildman–Crippen LogP) is 4.15. The molecule has 1 aromatic heterocycles. The topological polar surface area (TPSA) is 94.3 Å². The van der Waals surface area contributed by atoms with Crippen molar-refractivity contribution in [2.24, 2.45) is 5.92 Å². The molecule has 2 unspecified atom stereocenters. The number of aromatic nitrogens is 2. The zero-order valence-corrected chi connectivity index (χ0v) is 21.6. The Kier molecular flexibility index (Phi) is 6.53. The summed E-state index contributed by atoms with van der Waals surface area (Å²) in [6.45, 7) is 3.47. The summed E-state index contributed by atoms with van der Waals surface area (Å²) in [6, 6.07) is 28.4. The number of hydrogen-bond acceptors (Lipinski definition) is 6. The minimum absolute atomic E-state index is 0.170. The number of Topliss-reactive ketones (excluding diaryl/α,β-unsaturated/α-hetero) is 1. The van der Waals surface area contributed by atoms with Gasteiger partial charge in [-0.15, -0.1) is 0 Å². The van der Waals surface area contributed by atoms with E-state index in [1.807, 2.05) is 54.6 Å². The number of fused-ring (bicyclic) bond motifs is 3. The molecule has 4 aromatic rings. The molecule has 6 rings (SSSR count). The number of carbonyl (C=O) groups is 2. The highest BCUT2D eigenvalue weighted by Crippen LogP contribution is 2.49. The molecule has 0 spiro atoms. The third kappa shape index (κ3) is 4.42. The van der Waals surface area contributed by atoms with E-state index in [2.05, 4.69) is 34.3 Å². The van der Waals surface area contributed by atoms with Crippen molar-refractivity contribution in [3.05, 3.63) is 102 Å². The van der Waals surface area contributed by atoms with Gasteiger partial charge in [0.2, 0.25) is 11.7 Å². The van der Waals surface area contributed by atoms with Gasteiger partial charge < -0.3 is 10.2 Å². The molecular formula is C31H28N6O2. The number of piperazine rings is 1.